The van der Waals surface area contributed by atoms with E-state index in [4.69, 9.17) is 9.47 Å². The minimum absolute atomic E-state index is 0.0250. The monoisotopic (exact) mass is 393 g/mol. The zero-order chi connectivity index (χ0) is 19.4. The van der Waals surface area contributed by atoms with Gasteiger partial charge in [0.25, 0.3) is 10.0 Å². The molecule has 27 heavy (non-hydrogen) atoms. The molecule has 0 saturated carbocycles. The van der Waals surface area contributed by atoms with E-state index in [1.165, 1.54) is 43.6 Å². The lowest BCUT2D eigenvalue weighted by Crippen LogP contribution is -2.37. The molecule has 1 saturated heterocycles. The van der Waals surface area contributed by atoms with Gasteiger partial charge in [-0.2, -0.15) is 0 Å². The standard InChI is InChI=1S/C17H19N3O6S/c1-25-13-2-4-14(5-3-13)27(23,24)19-15-10-12(17(21)22)11-18-16(15)20-6-8-26-9-7-20/h2-5,10-11,19H,6-9H2,1H3,(H,21,22). The molecule has 3 rings (SSSR count). The molecule has 144 valence electrons. The van der Waals surface area contributed by atoms with E-state index in [2.05, 4.69) is 9.71 Å². The molecule has 2 aromatic rings. The summed E-state index contributed by atoms with van der Waals surface area (Å²) in [6.45, 7) is 2.01. The van der Waals surface area contributed by atoms with Gasteiger partial charge >= 0.3 is 5.97 Å². The SMILES string of the molecule is COc1ccc(S(=O)(=O)Nc2cc(C(=O)O)cnc2N2CCOCC2)cc1. The summed E-state index contributed by atoms with van der Waals surface area (Å²) in [6.07, 6.45) is 1.21. The smallest absolute Gasteiger partial charge is 0.337 e. The van der Waals surface area contributed by atoms with Gasteiger partial charge in [0.15, 0.2) is 5.82 Å². The topological polar surface area (TPSA) is 118 Å². The fourth-order valence-electron chi connectivity index (χ4n) is 2.64. The van der Waals surface area contributed by atoms with Crippen LogP contribution in [0.5, 0.6) is 5.75 Å². The highest BCUT2D eigenvalue weighted by Crippen LogP contribution is 2.28. The number of methoxy groups -OCH3 is 1. The summed E-state index contributed by atoms with van der Waals surface area (Å²) in [5.41, 5.74) is -0.00735. The number of hydrogen-bond acceptors (Lipinski definition) is 7. The van der Waals surface area contributed by atoms with Crippen molar-refractivity contribution in [1.29, 1.82) is 0 Å². The predicted molar refractivity (Wildman–Crippen MR) is 98.0 cm³/mol. The number of nitrogens with one attached hydrogen (secondary N) is 1. The summed E-state index contributed by atoms with van der Waals surface area (Å²) >= 11 is 0. The third-order valence-corrected chi connectivity index (χ3v) is 5.42. The number of aromatic nitrogens is 1. The maximum Gasteiger partial charge on any atom is 0.337 e. The first kappa shape index (κ1) is 18.9. The van der Waals surface area contributed by atoms with Gasteiger partial charge < -0.3 is 19.5 Å². The van der Waals surface area contributed by atoms with E-state index in [-0.39, 0.29) is 16.1 Å². The number of aromatic carboxylic acids is 1. The van der Waals surface area contributed by atoms with Crippen LogP contribution in [0.15, 0.2) is 41.4 Å². The van der Waals surface area contributed by atoms with E-state index < -0.39 is 16.0 Å². The molecule has 0 spiro atoms. The number of carbonyl (C=O) groups is 1. The van der Waals surface area contributed by atoms with Gasteiger partial charge in [-0.05, 0) is 30.3 Å². The van der Waals surface area contributed by atoms with Crippen LogP contribution in [0.2, 0.25) is 0 Å². The van der Waals surface area contributed by atoms with Gasteiger partial charge in [-0.3, -0.25) is 4.72 Å². The van der Waals surface area contributed by atoms with Gasteiger partial charge in [0.1, 0.15) is 5.75 Å². The molecule has 2 N–H and O–H groups in total. The number of carboxylic acid groups (broad SMARTS) is 1. The minimum atomic E-state index is -3.94. The molecule has 0 bridgehead atoms. The van der Waals surface area contributed by atoms with Crippen LogP contribution in [-0.4, -0.2) is 57.9 Å². The number of morpholine rings is 1. The van der Waals surface area contributed by atoms with Gasteiger partial charge in [-0.25, -0.2) is 18.2 Å². The first-order valence-electron chi connectivity index (χ1n) is 8.13. The third kappa shape index (κ3) is 4.29. The molecule has 0 unspecified atom stereocenters. The maximum absolute atomic E-state index is 12.7. The molecule has 1 aromatic carbocycles. The van der Waals surface area contributed by atoms with E-state index in [1.54, 1.807) is 0 Å². The number of nitrogens with zero attached hydrogens (tertiary/aromatic N) is 2. The van der Waals surface area contributed by atoms with Crippen molar-refractivity contribution in [3.05, 3.63) is 42.1 Å². The molecule has 0 atom stereocenters. The van der Waals surface area contributed by atoms with Crippen LogP contribution in [0.3, 0.4) is 0 Å². The van der Waals surface area contributed by atoms with Crippen LogP contribution in [0, 0.1) is 0 Å². The normalized spacial score (nSPS) is 14.6. The summed E-state index contributed by atoms with van der Waals surface area (Å²) in [6, 6.07) is 7.14. The average molecular weight is 393 g/mol. The van der Waals surface area contributed by atoms with Gasteiger partial charge in [-0.15, -0.1) is 0 Å². The Morgan fingerprint density at radius 1 is 1.26 bits per heavy atom. The largest absolute Gasteiger partial charge is 0.497 e. The second-order valence-corrected chi connectivity index (χ2v) is 7.46. The summed E-state index contributed by atoms with van der Waals surface area (Å²) in [5, 5.41) is 9.22. The van der Waals surface area contributed by atoms with Gasteiger partial charge in [0, 0.05) is 19.3 Å². The third-order valence-electron chi connectivity index (χ3n) is 4.04. The van der Waals surface area contributed by atoms with Crippen LogP contribution in [0.4, 0.5) is 11.5 Å². The molecule has 10 heteroatoms. The Morgan fingerprint density at radius 2 is 1.93 bits per heavy atom. The fraction of sp³-hybridized carbons (Fsp3) is 0.294. The molecule has 9 nitrogen and oxygen atoms in total. The second-order valence-electron chi connectivity index (χ2n) is 5.78. The van der Waals surface area contributed by atoms with Crippen molar-refractivity contribution in [2.75, 3.05) is 43.0 Å². The van der Waals surface area contributed by atoms with Gasteiger partial charge in [0.05, 0.1) is 36.5 Å². The van der Waals surface area contributed by atoms with Crippen LogP contribution in [-0.2, 0) is 14.8 Å². The van der Waals surface area contributed by atoms with E-state index >= 15 is 0 Å². The zero-order valence-electron chi connectivity index (χ0n) is 14.6. The quantitative estimate of drug-likeness (QED) is 0.757. The van der Waals surface area contributed by atoms with E-state index in [0.29, 0.717) is 37.9 Å². The molecule has 1 aliphatic rings. The van der Waals surface area contributed by atoms with Crippen LogP contribution in [0.1, 0.15) is 10.4 Å². The fourth-order valence-corrected chi connectivity index (χ4v) is 3.69. The number of carboxylic acids is 1. The average Bonchev–Trinajstić information content (AvgIpc) is 2.68. The number of rotatable bonds is 6. The predicted octanol–water partition coefficient (Wildman–Crippen LogP) is 1.43. The van der Waals surface area contributed by atoms with Crippen LogP contribution >= 0.6 is 0 Å². The van der Waals surface area contributed by atoms with Crippen molar-refractivity contribution in [3.63, 3.8) is 0 Å². The van der Waals surface area contributed by atoms with Crippen molar-refractivity contribution in [2.24, 2.45) is 0 Å². The molecule has 1 fully saturated rings. The Balaban J connectivity index is 1.97. The zero-order valence-corrected chi connectivity index (χ0v) is 15.4. The summed E-state index contributed by atoms with van der Waals surface area (Å²) in [7, 11) is -2.45. The Bertz CT molecular complexity index is 924. The first-order chi connectivity index (χ1) is 12.9. The Kier molecular flexibility index (Phi) is 5.47. The Hall–Kier alpha value is -2.85. The molecule has 2 heterocycles. The summed E-state index contributed by atoms with van der Waals surface area (Å²) in [5.74, 6) is -0.307. The highest BCUT2D eigenvalue weighted by atomic mass is 32.2. The van der Waals surface area contributed by atoms with Crippen LogP contribution < -0.4 is 14.4 Å². The van der Waals surface area contributed by atoms with E-state index in [9.17, 15) is 18.3 Å². The number of anilines is 2. The van der Waals surface area contributed by atoms with Crippen molar-refractivity contribution < 1.29 is 27.8 Å². The molecule has 0 aliphatic carbocycles. The van der Waals surface area contributed by atoms with Crippen molar-refractivity contribution in [2.45, 2.75) is 4.90 Å². The molecule has 0 radical (unpaired) electrons. The number of sulfonamides is 1. The number of hydrogen-bond donors (Lipinski definition) is 2. The van der Waals surface area contributed by atoms with Crippen molar-refractivity contribution in [1.82, 2.24) is 4.98 Å². The Labute approximate surface area is 156 Å². The molecule has 1 aromatic heterocycles. The number of benzene rings is 1. The summed E-state index contributed by atoms with van der Waals surface area (Å²) < 4.78 is 38.3. The van der Waals surface area contributed by atoms with Gasteiger partial charge in [-0.1, -0.05) is 0 Å². The lowest BCUT2D eigenvalue weighted by atomic mass is 10.2. The molecule has 0 amide bonds. The van der Waals surface area contributed by atoms with Gasteiger partial charge in [0.2, 0.25) is 0 Å². The Morgan fingerprint density at radius 3 is 2.52 bits per heavy atom. The molecule has 1 aliphatic heterocycles. The maximum atomic E-state index is 12.7. The lowest BCUT2D eigenvalue weighted by Gasteiger charge is -2.29. The summed E-state index contributed by atoms with van der Waals surface area (Å²) in [4.78, 5) is 17.3. The highest BCUT2D eigenvalue weighted by molar-refractivity contribution is 7.92. The van der Waals surface area contributed by atoms with Crippen molar-refractivity contribution in [3.8, 4) is 5.75 Å². The lowest BCUT2D eigenvalue weighted by molar-refractivity contribution is 0.0696. The van der Waals surface area contributed by atoms with Crippen LogP contribution in [0.25, 0.3) is 0 Å². The number of pyridine rings is 1. The molecular formula is C17H19N3O6S. The second kappa shape index (κ2) is 7.80. The minimum Gasteiger partial charge on any atom is -0.497 e. The highest BCUT2D eigenvalue weighted by Gasteiger charge is 2.22. The van der Waals surface area contributed by atoms with E-state index in [1.807, 2.05) is 4.90 Å². The number of ether oxygens (including phenoxy) is 2. The van der Waals surface area contributed by atoms with E-state index in [0.717, 1.165) is 0 Å². The van der Waals surface area contributed by atoms with Crippen molar-refractivity contribution >= 4 is 27.5 Å². The first-order valence-corrected chi connectivity index (χ1v) is 9.62. The molecular weight excluding hydrogens is 374 g/mol.